The van der Waals surface area contributed by atoms with Crippen molar-refractivity contribution >= 4 is 17.7 Å². The van der Waals surface area contributed by atoms with Gasteiger partial charge in [0.05, 0.1) is 17.7 Å². The number of carbonyl (C=O) groups is 1. The summed E-state index contributed by atoms with van der Waals surface area (Å²) < 4.78 is 41.9. The van der Waals surface area contributed by atoms with Gasteiger partial charge in [-0.05, 0) is 30.8 Å². The van der Waals surface area contributed by atoms with Crippen molar-refractivity contribution in [2.24, 2.45) is 0 Å². The van der Waals surface area contributed by atoms with Crippen molar-refractivity contribution in [3.63, 3.8) is 0 Å². The van der Waals surface area contributed by atoms with Crippen molar-refractivity contribution in [3.05, 3.63) is 23.3 Å². The van der Waals surface area contributed by atoms with Crippen LogP contribution in [0.2, 0.25) is 0 Å². The fourth-order valence-corrected chi connectivity index (χ4v) is 1.98. The molecule has 1 N–H and O–H groups in total. The molecule has 0 atom stereocenters. The second-order valence-corrected chi connectivity index (χ2v) is 4.33. The highest BCUT2D eigenvalue weighted by atomic mass is 32.2. The van der Waals surface area contributed by atoms with Crippen molar-refractivity contribution in [1.82, 2.24) is 0 Å². The van der Waals surface area contributed by atoms with Gasteiger partial charge in [-0.3, -0.25) is 0 Å². The Labute approximate surface area is 110 Å². The number of carbonyl (C=O) groups excluding carboxylic acids is 1. The molecule has 0 unspecified atom stereocenters. The van der Waals surface area contributed by atoms with E-state index in [-0.39, 0.29) is 6.61 Å². The van der Waals surface area contributed by atoms with Gasteiger partial charge in [0.1, 0.15) is 11.8 Å². The SMILES string of the molecule is CCOC(=O)c1cc(O)cc(C#N)c1SC(F)(F)F. The smallest absolute Gasteiger partial charge is 0.446 e. The number of aromatic hydroxyl groups is 1. The van der Waals surface area contributed by atoms with E-state index in [2.05, 4.69) is 4.74 Å². The highest BCUT2D eigenvalue weighted by molar-refractivity contribution is 8.00. The predicted octanol–water partition coefficient (Wildman–Crippen LogP) is 3.05. The number of phenolic OH excluding ortho intramolecular Hbond substituents is 1. The maximum Gasteiger partial charge on any atom is 0.446 e. The molecule has 0 fully saturated rings. The number of ether oxygens (including phenoxy) is 1. The van der Waals surface area contributed by atoms with Crippen LogP contribution in [-0.4, -0.2) is 23.2 Å². The van der Waals surface area contributed by atoms with E-state index in [9.17, 15) is 23.1 Å². The Balaban J connectivity index is 3.38. The maximum atomic E-state index is 12.4. The first-order chi connectivity index (χ1) is 8.78. The van der Waals surface area contributed by atoms with E-state index in [4.69, 9.17) is 5.26 Å². The van der Waals surface area contributed by atoms with E-state index in [0.717, 1.165) is 12.1 Å². The number of alkyl halides is 3. The fraction of sp³-hybridized carbons (Fsp3) is 0.273. The number of nitriles is 1. The van der Waals surface area contributed by atoms with Crippen LogP contribution in [-0.2, 0) is 4.74 Å². The molecule has 19 heavy (non-hydrogen) atoms. The molecule has 0 heterocycles. The molecule has 0 radical (unpaired) electrons. The molecule has 8 heteroatoms. The van der Waals surface area contributed by atoms with E-state index in [1.807, 2.05) is 0 Å². The van der Waals surface area contributed by atoms with Gasteiger partial charge in [-0.2, -0.15) is 18.4 Å². The lowest BCUT2D eigenvalue weighted by Gasteiger charge is -2.12. The quantitative estimate of drug-likeness (QED) is 0.684. The molecular weight excluding hydrogens is 283 g/mol. The van der Waals surface area contributed by atoms with Gasteiger partial charge in [0.15, 0.2) is 0 Å². The summed E-state index contributed by atoms with van der Waals surface area (Å²) in [5.74, 6) is -1.51. The topological polar surface area (TPSA) is 70.3 Å². The highest BCUT2D eigenvalue weighted by Crippen LogP contribution is 2.41. The summed E-state index contributed by atoms with van der Waals surface area (Å²) >= 11 is -0.593. The average Bonchev–Trinajstić information content (AvgIpc) is 2.29. The third-order valence-corrected chi connectivity index (χ3v) is 2.78. The minimum absolute atomic E-state index is 0.0352. The van der Waals surface area contributed by atoms with Crippen molar-refractivity contribution in [3.8, 4) is 11.8 Å². The molecule has 0 aliphatic rings. The highest BCUT2D eigenvalue weighted by Gasteiger charge is 2.33. The Morgan fingerprint density at radius 3 is 2.63 bits per heavy atom. The number of nitrogens with zero attached hydrogens (tertiary/aromatic N) is 1. The van der Waals surface area contributed by atoms with Crippen LogP contribution in [0.1, 0.15) is 22.8 Å². The molecule has 0 amide bonds. The van der Waals surface area contributed by atoms with E-state index in [1.54, 1.807) is 0 Å². The van der Waals surface area contributed by atoms with Crippen LogP contribution >= 0.6 is 11.8 Å². The zero-order valence-corrected chi connectivity index (χ0v) is 10.4. The molecule has 0 aliphatic carbocycles. The fourth-order valence-electron chi connectivity index (χ4n) is 1.28. The van der Waals surface area contributed by atoms with Crippen molar-refractivity contribution < 1.29 is 27.8 Å². The summed E-state index contributed by atoms with van der Waals surface area (Å²) in [6, 6.07) is 3.21. The number of thioether (sulfide) groups is 1. The Hall–Kier alpha value is -1.88. The third-order valence-electron chi connectivity index (χ3n) is 1.91. The first-order valence-corrected chi connectivity index (χ1v) is 5.80. The van der Waals surface area contributed by atoms with E-state index in [0.29, 0.717) is 0 Å². The summed E-state index contributed by atoms with van der Waals surface area (Å²) in [5, 5.41) is 18.1. The van der Waals surface area contributed by atoms with Crippen LogP contribution in [0.3, 0.4) is 0 Å². The van der Waals surface area contributed by atoms with E-state index in [1.165, 1.54) is 13.0 Å². The van der Waals surface area contributed by atoms with E-state index >= 15 is 0 Å². The standard InChI is InChI=1S/C11H8F3NO3S/c1-2-18-10(17)8-4-7(16)3-6(5-15)9(8)19-11(12,13)14/h3-4,16H,2H2,1H3. The normalized spacial score (nSPS) is 10.9. The molecule has 4 nitrogen and oxygen atoms in total. The second kappa shape index (κ2) is 5.84. The van der Waals surface area contributed by atoms with Gasteiger partial charge in [-0.1, -0.05) is 0 Å². The van der Waals surface area contributed by atoms with Crippen LogP contribution in [0.25, 0.3) is 0 Å². The number of hydrogen-bond donors (Lipinski definition) is 1. The summed E-state index contributed by atoms with van der Waals surface area (Å²) in [5.41, 5.74) is -5.59. The lowest BCUT2D eigenvalue weighted by molar-refractivity contribution is -0.0328. The lowest BCUT2D eigenvalue weighted by Crippen LogP contribution is -2.10. The Morgan fingerprint density at radius 1 is 1.53 bits per heavy atom. The monoisotopic (exact) mass is 291 g/mol. The van der Waals surface area contributed by atoms with Crippen LogP contribution in [0.4, 0.5) is 13.2 Å². The second-order valence-electron chi connectivity index (χ2n) is 3.25. The van der Waals surface area contributed by atoms with Gasteiger partial charge in [-0.15, -0.1) is 0 Å². The largest absolute Gasteiger partial charge is 0.508 e. The first-order valence-electron chi connectivity index (χ1n) is 4.98. The minimum Gasteiger partial charge on any atom is -0.508 e. The van der Waals surface area contributed by atoms with Crippen LogP contribution in [0.5, 0.6) is 5.75 Å². The molecule has 0 aromatic heterocycles. The molecule has 0 aliphatic heterocycles. The van der Waals surface area contributed by atoms with Crippen molar-refractivity contribution in [2.45, 2.75) is 17.3 Å². The number of phenols is 1. The number of rotatable bonds is 3. The van der Waals surface area contributed by atoms with Crippen LogP contribution in [0.15, 0.2) is 17.0 Å². The Kier molecular flexibility index (Phi) is 4.67. The number of benzene rings is 1. The lowest BCUT2D eigenvalue weighted by atomic mass is 10.1. The summed E-state index contributed by atoms with van der Waals surface area (Å²) in [6.45, 7) is 1.45. The van der Waals surface area contributed by atoms with Gasteiger partial charge in [0, 0.05) is 4.90 Å². The van der Waals surface area contributed by atoms with Gasteiger partial charge < -0.3 is 9.84 Å². The first kappa shape index (κ1) is 15.2. The molecule has 1 rings (SSSR count). The molecule has 0 bridgehead atoms. The van der Waals surface area contributed by atoms with Crippen LogP contribution < -0.4 is 0 Å². The molecule has 1 aromatic rings. The average molecular weight is 291 g/mol. The molecule has 0 spiro atoms. The van der Waals surface area contributed by atoms with Crippen LogP contribution in [0, 0.1) is 11.3 Å². The van der Waals surface area contributed by atoms with E-state index < -0.39 is 45.0 Å². The summed E-state index contributed by atoms with van der Waals surface area (Å²) in [6.07, 6.45) is 0. The Morgan fingerprint density at radius 2 is 2.16 bits per heavy atom. The third kappa shape index (κ3) is 4.06. The number of halogens is 3. The number of hydrogen-bond acceptors (Lipinski definition) is 5. The summed E-state index contributed by atoms with van der Waals surface area (Å²) in [7, 11) is 0. The minimum atomic E-state index is -4.66. The summed E-state index contributed by atoms with van der Waals surface area (Å²) in [4.78, 5) is 11.0. The Bertz CT molecular complexity index is 537. The van der Waals surface area contributed by atoms with Gasteiger partial charge in [-0.25, -0.2) is 4.79 Å². The number of esters is 1. The van der Waals surface area contributed by atoms with Gasteiger partial charge in [0.2, 0.25) is 0 Å². The maximum absolute atomic E-state index is 12.4. The molecule has 102 valence electrons. The zero-order valence-electron chi connectivity index (χ0n) is 9.61. The molecule has 0 saturated heterocycles. The zero-order chi connectivity index (χ0) is 14.6. The van der Waals surface area contributed by atoms with Gasteiger partial charge >= 0.3 is 11.5 Å². The van der Waals surface area contributed by atoms with Crippen molar-refractivity contribution in [2.75, 3.05) is 6.61 Å². The predicted molar refractivity (Wildman–Crippen MR) is 60.7 cm³/mol. The van der Waals surface area contributed by atoms with Crippen molar-refractivity contribution in [1.29, 1.82) is 5.26 Å². The molecular formula is C11H8F3NO3S. The molecule has 1 aromatic carbocycles. The molecule has 0 saturated carbocycles. The van der Waals surface area contributed by atoms with Gasteiger partial charge in [0.25, 0.3) is 0 Å².